The van der Waals surface area contributed by atoms with Crippen LogP contribution in [0, 0.1) is 0 Å². The fraction of sp³-hybridized carbons (Fsp3) is 0.333. The summed E-state index contributed by atoms with van der Waals surface area (Å²) in [6.45, 7) is 0.922. The molecule has 0 saturated heterocycles. The lowest BCUT2D eigenvalue weighted by atomic mass is 10.3. The van der Waals surface area contributed by atoms with Crippen molar-refractivity contribution in [3.63, 3.8) is 0 Å². The molecular formula is C9H10Br2ClNO. The van der Waals surface area contributed by atoms with E-state index in [1.165, 1.54) is 0 Å². The molecule has 78 valence electrons. The summed E-state index contributed by atoms with van der Waals surface area (Å²) >= 11 is 12.7. The number of rotatable bonds is 4. The maximum absolute atomic E-state index is 8.64. The highest BCUT2D eigenvalue weighted by atomic mass is 79.9. The van der Waals surface area contributed by atoms with Gasteiger partial charge in [0.05, 0.1) is 5.69 Å². The van der Waals surface area contributed by atoms with E-state index >= 15 is 0 Å². The molecular weight excluding hydrogens is 333 g/mol. The van der Waals surface area contributed by atoms with Gasteiger partial charge in [-0.15, -0.1) is 0 Å². The van der Waals surface area contributed by atoms with E-state index in [-0.39, 0.29) is 6.61 Å². The molecule has 5 heteroatoms. The number of anilines is 1. The number of benzene rings is 1. The summed E-state index contributed by atoms with van der Waals surface area (Å²) in [6.07, 6.45) is 0.724. The third kappa shape index (κ3) is 3.42. The minimum Gasteiger partial charge on any atom is -0.396 e. The Morgan fingerprint density at radius 1 is 1.29 bits per heavy atom. The molecule has 0 saturated carbocycles. The summed E-state index contributed by atoms with van der Waals surface area (Å²) in [6, 6.07) is 3.65. The number of aliphatic hydroxyl groups is 1. The molecule has 0 radical (unpaired) electrons. The molecule has 2 N–H and O–H groups in total. The molecule has 0 heterocycles. The highest BCUT2D eigenvalue weighted by molar-refractivity contribution is 9.11. The minimum absolute atomic E-state index is 0.190. The number of halogens is 3. The van der Waals surface area contributed by atoms with Crippen molar-refractivity contribution in [2.75, 3.05) is 18.5 Å². The lowest BCUT2D eigenvalue weighted by Gasteiger charge is -2.10. The van der Waals surface area contributed by atoms with Crippen LogP contribution in [-0.4, -0.2) is 18.3 Å². The lowest BCUT2D eigenvalue weighted by Crippen LogP contribution is -2.04. The molecule has 0 fully saturated rings. The summed E-state index contributed by atoms with van der Waals surface area (Å²) in [4.78, 5) is 0. The largest absolute Gasteiger partial charge is 0.396 e. The Labute approximate surface area is 105 Å². The molecule has 2 nitrogen and oxygen atoms in total. The zero-order chi connectivity index (χ0) is 10.6. The van der Waals surface area contributed by atoms with Gasteiger partial charge in [0, 0.05) is 27.1 Å². The first-order chi connectivity index (χ1) is 6.65. The summed E-state index contributed by atoms with van der Waals surface area (Å²) in [7, 11) is 0. The summed E-state index contributed by atoms with van der Waals surface area (Å²) in [5.41, 5.74) is 0.961. The van der Waals surface area contributed by atoms with Gasteiger partial charge < -0.3 is 10.4 Å². The minimum atomic E-state index is 0.190. The van der Waals surface area contributed by atoms with Crippen LogP contribution in [0.2, 0.25) is 5.02 Å². The van der Waals surface area contributed by atoms with E-state index in [0.29, 0.717) is 5.02 Å². The van der Waals surface area contributed by atoms with Crippen LogP contribution >= 0.6 is 43.5 Å². The van der Waals surface area contributed by atoms with Crippen molar-refractivity contribution >= 4 is 49.1 Å². The van der Waals surface area contributed by atoms with E-state index in [9.17, 15) is 0 Å². The average molecular weight is 343 g/mol. The number of aliphatic hydroxyl groups excluding tert-OH is 1. The summed E-state index contributed by atoms with van der Waals surface area (Å²) in [5.74, 6) is 0. The molecule has 1 rings (SSSR count). The van der Waals surface area contributed by atoms with Gasteiger partial charge in [-0.3, -0.25) is 0 Å². The van der Waals surface area contributed by atoms with Gasteiger partial charge in [0.15, 0.2) is 0 Å². The molecule has 0 aliphatic heterocycles. The molecule has 0 aromatic heterocycles. The van der Waals surface area contributed by atoms with Gasteiger partial charge in [-0.1, -0.05) is 11.6 Å². The second-order valence-corrected chi connectivity index (χ2v) is 4.89. The molecule has 0 aliphatic carbocycles. The number of nitrogens with one attached hydrogen (secondary N) is 1. The number of hydrogen-bond donors (Lipinski definition) is 2. The van der Waals surface area contributed by atoms with Crippen molar-refractivity contribution in [2.45, 2.75) is 6.42 Å². The highest BCUT2D eigenvalue weighted by Crippen LogP contribution is 2.33. The van der Waals surface area contributed by atoms with E-state index in [2.05, 4.69) is 37.2 Å². The zero-order valence-electron chi connectivity index (χ0n) is 7.36. The van der Waals surface area contributed by atoms with Gasteiger partial charge in [-0.25, -0.2) is 0 Å². The first-order valence-corrected chi connectivity index (χ1v) is 6.11. The maximum Gasteiger partial charge on any atom is 0.0630 e. The van der Waals surface area contributed by atoms with Gasteiger partial charge in [-0.05, 0) is 50.4 Å². The fourth-order valence-corrected chi connectivity index (χ4v) is 2.95. The van der Waals surface area contributed by atoms with E-state index < -0.39 is 0 Å². The third-order valence-corrected chi connectivity index (χ3v) is 3.11. The fourth-order valence-electron chi connectivity index (χ4n) is 1.00. The van der Waals surface area contributed by atoms with E-state index in [1.807, 2.05) is 12.1 Å². The van der Waals surface area contributed by atoms with E-state index in [4.69, 9.17) is 16.7 Å². The molecule has 0 aliphatic rings. The molecule has 0 bridgehead atoms. The lowest BCUT2D eigenvalue weighted by molar-refractivity contribution is 0.292. The number of hydrogen-bond acceptors (Lipinski definition) is 2. The predicted octanol–water partition coefficient (Wildman–Crippen LogP) is 3.66. The quantitative estimate of drug-likeness (QED) is 0.818. The van der Waals surface area contributed by atoms with Gasteiger partial charge >= 0.3 is 0 Å². The molecule has 0 amide bonds. The standard InChI is InChI=1S/C9H10Br2ClNO/c10-7-4-6(12)5-8(11)9(7)13-2-1-3-14/h4-5,13-14H,1-3H2. The molecule has 14 heavy (non-hydrogen) atoms. The predicted molar refractivity (Wildman–Crippen MR) is 67.0 cm³/mol. The Kier molecular flexibility index (Phi) is 5.23. The molecule has 0 spiro atoms. The topological polar surface area (TPSA) is 32.3 Å². The second kappa shape index (κ2) is 5.95. The van der Waals surface area contributed by atoms with E-state index in [1.54, 1.807) is 0 Å². The van der Waals surface area contributed by atoms with Crippen molar-refractivity contribution in [3.8, 4) is 0 Å². The van der Waals surface area contributed by atoms with Gasteiger partial charge in [0.2, 0.25) is 0 Å². The molecule has 0 atom stereocenters. The average Bonchev–Trinajstić information content (AvgIpc) is 2.09. The normalized spacial score (nSPS) is 10.3. The van der Waals surface area contributed by atoms with Crippen LogP contribution in [0.25, 0.3) is 0 Å². The maximum atomic E-state index is 8.64. The first kappa shape index (κ1) is 12.3. The van der Waals surface area contributed by atoms with Crippen molar-refractivity contribution in [1.82, 2.24) is 0 Å². The van der Waals surface area contributed by atoms with Crippen molar-refractivity contribution < 1.29 is 5.11 Å². The summed E-state index contributed by atoms with van der Waals surface area (Å²) < 4.78 is 1.82. The van der Waals surface area contributed by atoms with E-state index in [0.717, 1.165) is 27.6 Å². The molecule has 1 aromatic carbocycles. The Balaban J connectivity index is 2.75. The van der Waals surface area contributed by atoms with Crippen LogP contribution in [0.1, 0.15) is 6.42 Å². The highest BCUT2D eigenvalue weighted by Gasteiger charge is 2.05. The SMILES string of the molecule is OCCCNc1c(Br)cc(Cl)cc1Br. The van der Waals surface area contributed by atoms with Crippen LogP contribution in [0.4, 0.5) is 5.69 Å². The van der Waals surface area contributed by atoms with Crippen molar-refractivity contribution in [3.05, 3.63) is 26.1 Å². The monoisotopic (exact) mass is 341 g/mol. The molecule has 1 aromatic rings. The second-order valence-electron chi connectivity index (χ2n) is 2.75. The first-order valence-electron chi connectivity index (χ1n) is 4.14. The molecule has 0 unspecified atom stereocenters. The van der Waals surface area contributed by atoms with Gasteiger partial charge in [0.25, 0.3) is 0 Å². The van der Waals surface area contributed by atoms with Crippen LogP contribution in [0.15, 0.2) is 21.1 Å². The third-order valence-electron chi connectivity index (χ3n) is 1.64. The van der Waals surface area contributed by atoms with Crippen LogP contribution in [-0.2, 0) is 0 Å². The Morgan fingerprint density at radius 2 is 1.86 bits per heavy atom. The Hall–Kier alpha value is 0.230. The van der Waals surface area contributed by atoms with Crippen molar-refractivity contribution in [1.29, 1.82) is 0 Å². The van der Waals surface area contributed by atoms with Crippen LogP contribution < -0.4 is 5.32 Å². The van der Waals surface area contributed by atoms with Crippen LogP contribution in [0.5, 0.6) is 0 Å². The smallest absolute Gasteiger partial charge is 0.0630 e. The van der Waals surface area contributed by atoms with Crippen LogP contribution in [0.3, 0.4) is 0 Å². The Morgan fingerprint density at radius 3 is 2.36 bits per heavy atom. The zero-order valence-corrected chi connectivity index (χ0v) is 11.3. The van der Waals surface area contributed by atoms with Crippen molar-refractivity contribution in [2.24, 2.45) is 0 Å². The Bertz CT molecular complexity index is 297. The van der Waals surface area contributed by atoms with Gasteiger partial charge in [-0.2, -0.15) is 0 Å². The van der Waals surface area contributed by atoms with Gasteiger partial charge in [0.1, 0.15) is 0 Å². The summed E-state index contributed by atoms with van der Waals surface area (Å²) in [5, 5.41) is 12.5.